The zero-order chi connectivity index (χ0) is 16.3. The molecule has 2 aromatic rings. The smallest absolute Gasteiger partial charge is 0.325 e. The Morgan fingerprint density at radius 1 is 1.23 bits per heavy atom. The second-order valence-electron chi connectivity index (χ2n) is 6.32. The van der Waals surface area contributed by atoms with Gasteiger partial charge in [-0.2, -0.15) is 0 Å². The minimum absolute atomic E-state index is 0.110. The summed E-state index contributed by atoms with van der Waals surface area (Å²) in [6.45, 7) is 5.27. The number of hydrogen-bond acceptors (Lipinski definition) is 3. The van der Waals surface area contributed by atoms with Crippen LogP contribution in [0.25, 0.3) is 10.9 Å². The fourth-order valence-electron chi connectivity index (χ4n) is 2.35. The van der Waals surface area contributed by atoms with Crippen LogP contribution in [-0.2, 0) is 27.8 Å². The Hall–Kier alpha value is -2.30. The Morgan fingerprint density at radius 3 is 2.59 bits per heavy atom. The summed E-state index contributed by atoms with van der Waals surface area (Å²) < 4.78 is 7.15. The first kappa shape index (κ1) is 16.1. The maximum Gasteiger partial charge on any atom is 0.325 e. The normalized spacial score (nSPS) is 11.5. The standard InChI is InChI=1S/C17H22N2O3/c1-17(2,3)22-16(21)10-18-15(20)9-12-11-19(4)14-8-6-5-7-13(12)14/h5-8,11H,9-10H2,1-4H3,(H,18,20). The van der Waals surface area contributed by atoms with Crippen molar-refractivity contribution in [3.05, 3.63) is 36.0 Å². The molecule has 1 amide bonds. The van der Waals surface area contributed by atoms with E-state index in [1.165, 1.54) is 0 Å². The summed E-state index contributed by atoms with van der Waals surface area (Å²) in [7, 11) is 1.95. The van der Waals surface area contributed by atoms with Gasteiger partial charge in [0.05, 0.1) is 6.42 Å². The highest BCUT2D eigenvalue weighted by molar-refractivity contribution is 5.90. The molecule has 0 saturated carbocycles. The Bertz CT molecular complexity index is 695. The van der Waals surface area contributed by atoms with Gasteiger partial charge in [0.2, 0.25) is 5.91 Å². The highest BCUT2D eigenvalue weighted by atomic mass is 16.6. The minimum Gasteiger partial charge on any atom is -0.459 e. The van der Waals surface area contributed by atoms with E-state index in [-0.39, 0.29) is 18.9 Å². The zero-order valence-corrected chi connectivity index (χ0v) is 13.5. The minimum atomic E-state index is -0.544. The SMILES string of the molecule is Cn1cc(CC(=O)NCC(=O)OC(C)(C)C)c2ccccc21. The van der Waals surface area contributed by atoms with Gasteiger partial charge in [-0.25, -0.2) is 0 Å². The van der Waals surface area contributed by atoms with Gasteiger partial charge in [-0.3, -0.25) is 9.59 Å². The molecule has 0 bridgehead atoms. The number of carbonyl (C=O) groups is 2. The van der Waals surface area contributed by atoms with Crippen LogP contribution >= 0.6 is 0 Å². The average molecular weight is 302 g/mol. The second-order valence-corrected chi connectivity index (χ2v) is 6.32. The molecule has 1 aromatic carbocycles. The van der Waals surface area contributed by atoms with E-state index in [2.05, 4.69) is 5.32 Å². The number of nitrogens with one attached hydrogen (secondary N) is 1. The van der Waals surface area contributed by atoms with Gasteiger partial charge in [0.1, 0.15) is 12.1 Å². The lowest BCUT2D eigenvalue weighted by molar-refractivity contribution is -0.154. The van der Waals surface area contributed by atoms with E-state index >= 15 is 0 Å². The summed E-state index contributed by atoms with van der Waals surface area (Å²) in [5.41, 5.74) is 1.48. The summed E-state index contributed by atoms with van der Waals surface area (Å²) in [6, 6.07) is 7.92. The quantitative estimate of drug-likeness (QED) is 0.881. The monoisotopic (exact) mass is 302 g/mol. The Kier molecular flexibility index (Phi) is 4.54. The van der Waals surface area contributed by atoms with Crippen LogP contribution in [0, 0.1) is 0 Å². The molecule has 0 saturated heterocycles. The number of amides is 1. The van der Waals surface area contributed by atoms with Gasteiger partial charge >= 0.3 is 5.97 Å². The van der Waals surface area contributed by atoms with Gasteiger partial charge in [0.15, 0.2) is 0 Å². The Morgan fingerprint density at radius 2 is 1.91 bits per heavy atom. The first-order valence-corrected chi connectivity index (χ1v) is 7.28. The third-order valence-corrected chi connectivity index (χ3v) is 3.18. The van der Waals surface area contributed by atoms with E-state index in [4.69, 9.17) is 4.74 Å². The third kappa shape index (κ3) is 4.10. The van der Waals surface area contributed by atoms with Crippen molar-refractivity contribution >= 4 is 22.8 Å². The molecule has 5 heteroatoms. The van der Waals surface area contributed by atoms with Crippen molar-refractivity contribution in [2.45, 2.75) is 32.8 Å². The number of para-hydroxylation sites is 1. The number of benzene rings is 1. The molecule has 5 nitrogen and oxygen atoms in total. The van der Waals surface area contributed by atoms with Crippen LogP contribution in [0.15, 0.2) is 30.5 Å². The fraction of sp³-hybridized carbons (Fsp3) is 0.412. The molecule has 1 N–H and O–H groups in total. The van der Waals surface area contributed by atoms with Gasteiger partial charge in [0.25, 0.3) is 0 Å². The molecule has 0 atom stereocenters. The van der Waals surface area contributed by atoms with Gasteiger partial charge < -0.3 is 14.6 Å². The highest BCUT2D eigenvalue weighted by Gasteiger charge is 2.17. The first-order valence-electron chi connectivity index (χ1n) is 7.28. The molecule has 0 radical (unpaired) electrons. The molecule has 0 unspecified atom stereocenters. The van der Waals surface area contributed by atoms with Crippen LogP contribution in [0.5, 0.6) is 0 Å². The Labute approximate surface area is 130 Å². The highest BCUT2D eigenvalue weighted by Crippen LogP contribution is 2.20. The molecule has 2 rings (SSSR count). The number of ether oxygens (including phenoxy) is 1. The van der Waals surface area contributed by atoms with Crippen LogP contribution in [0.1, 0.15) is 26.3 Å². The van der Waals surface area contributed by atoms with Crippen molar-refractivity contribution in [1.29, 1.82) is 0 Å². The van der Waals surface area contributed by atoms with Crippen LogP contribution in [-0.4, -0.2) is 28.6 Å². The largest absolute Gasteiger partial charge is 0.459 e. The van der Waals surface area contributed by atoms with Crippen LogP contribution < -0.4 is 5.32 Å². The predicted octanol–water partition coefficient (Wildman–Crippen LogP) is 2.18. The lowest BCUT2D eigenvalue weighted by Gasteiger charge is -2.19. The average Bonchev–Trinajstić information content (AvgIpc) is 2.72. The number of nitrogens with zero attached hydrogens (tertiary/aromatic N) is 1. The van der Waals surface area contributed by atoms with Crippen LogP contribution in [0.3, 0.4) is 0 Å². The number of carbonyl (C=O) groups excluding carboxylic acids is 2. The van der Waals surface area contributed by atoms with Crippen molar-refractivity contribution in [2.75, 3.05) is 6.54 Å². The number of rotatable bonds is 4. The lowest BCUT2D eigenvalue weighted by Crippen LogP contribution is -2.35. The van der Waals surface area contributed by atoms with Crippen LogP contribution in [0.4, 0.5) is 0 Å². The van der Waals surface area contributed by atoms with E-state index in [1.807, 2.05) is 42.1 Å². The summed E-state index contributed by atoms with van der Waals surface area (Å²) in [6.07, 6.45) is 2.18. The number of aryl methyl sites for hydroxylation is 1. The molecule has 0 spiro atoms. The molecule has 118 valence electrons. The first-order chi connectivity index (χ1) is 10.3. The summed E-state index contributed by atoms with van der Waals surface area (Å²) in [5.74, 6) is -0.624. The number of hydrogen-bond donors (Lipinski definition) is 1. The summed E-state index contributed by atoms with van der Waals surface area (Å²) >= 11 is 0. The molecular formula is C17H22N2O3. The van der Waals surface area contributed by atoms with E-state index in [1.54, 1.807) is 20.8 Å². The van der Waals surface area contributed by atoms with E-state index in [9.17, 15) is 9.59 Å². The molecule has 0 aliphatic rings. The fourth-order valence-corrected chi connectivity index (χ4v) is 2.35. The second kappa shape index (κ2) is 6.22. The van der Waals surface area contributed by atoms with Gasteiger partial charge in [-0.15, -0.1) is 0 Å². The van der Waals surface area contributed by atoms with E-state index in [0.29, 0.717) is 0 Å². The third-order valence-electron chi connectivity index (χ3n) is 3.18. The van der Waals surface area contributed by atoms with Crippen molar-refractivity contribution in [3.63, 3.8) is 0 Å². The number of aromatic nitrogens is 1. The van der Waals surface area contributed by atoms with Crippen molar-refractivity contribution < 1.29 is 14.3 Å². The van der Waals surface area contributed by atoms with Gasteiger partial charge in [-0.1, -0.05) is 18.2 Å². The number of fused-ring (bicyclic) bond motifs is 1. The van der Waals surface area contributed by atoms with Crippen LogP contribution in [0.2, 0.25) is 0 Å². The lowest BCUT2D eigenvalue weighted by atomic mass is 10.1. The van der Waals surface area contributed by atoms with Crippen molar-refractivity contribution in [2.24, 2.45) is 7.05 Å². The predicted molar refractivity (Wildman–Crippen MR) is 85.5 cm³/mol. The molecule has 1 aromatic heterocycles. The molecule has 0 aliphatic carbocycles. The van der Waals surface area contributed by atoms with Crippen molar-refractivity contribution in [3.8, 4) is 0 Å². The maximum absolute atomic E-state index is 12.0. The molecular weight excluding hydrogens is 280 g/mol. The molecule has 1 heterocycles. The summed E-state index contributed by atoms with van der Waals surface area (Å²) in [5, 5.41) is 3.66. The van der Waals surface area contributed by atoms with Gasteiger partial charge in [0, 0.05) is 24.1 Å². The van der Waals surface area contributed by atoms with E-state index in [0.717, 1.165) is 16.5 Å². The Balaban J connectivity index is 1.96. The van der Waals surface area contributed by atoms with Crippen molar-refractivity contribution in [1.82, 2.24) is 9.88 Å². The summed E-state index contributed by atoms with van der Waals surface area (Å²) in [4.78, 5) is 23.6. The molecule has 0 aliphatic heterocycles. The zero-order valence-electron chi connectivity index (χ0n) is 13.5. The molecule has 0 fully saturated rings. The topological polar surface area (TPSA) is 60.3 Å². The number of esters is 1. The van der Waals surface area contributed by atoms with E-state index < -0.39 is 11.6 Å². The van der Waals surface area contributed by atoms with Gasteiger partial charge in [-0.05, 0) is 32.4 Å². The molecule has 22 heavy (non-hydrogen) atoms. The maximum atomic E-state index is 12.0.